The van der Waals surface area contributed by atoms with E-state index in [1.165, 1.54) is 12.1 Å². The van der Waals surface area contributed by atoms with Gasteiger partial charge in [-0.2, -0.15) is 5.26 Å². The lowest BCUT2D eigenvalue weighted by Gasteiger charge is -2.09. The number of nitriles is 1. The van der Waals surface area contributed by atoms with Gasteiger partial charge in [0.15, 0.2) is 0 Å². The summed E-state index contributed by atoms with van der Waals surface area (Å²) in [6.45, 7) is 0.198. The van der Waals surface area contributed by atoms with E-state index in [4.69, 9.17) is 16.9 Å². The summed E-state index contributed by atoms with van der Waals surface area (Å²) in [5, 5.41) is 12.4. The minimum atomic E-state index is -0.636. The van der Waals surface area contributed by atoms with Crippen LogP contribution in [-0.4, -0.2) is 0 Å². The molecule has 2 nitrogen and oxygen atoms in total. The van der Waals surface area contributed by atoms with Crippen LogP contribution in [0.1, 0.15) is 11.1 Å². The summed E-state index contributed by atoms with van der Waals surface area (Å²) in [5.41, 5.74) is 1.39. The van der Waals surface area contributed by atoms with Crippen molar-refractivity contribution < 1.29 is 8.78 Å². The average molecular weight is 279 g/mol. The van der Waals surface area contributed by atoms with Crippen molar-refractivity contribution in [2.24, 2.45) is 0 Å². The van der Waals surface area contributed by atoms with Gasteiger partial charge in [0, 0.05) is 17.6 Å². The second-order valence-electron chi connectivity index (χ2n) is 3.93. The van der Waals surface area contributed by atoms with Gasteiger partial charge < -0.3 is 5.32 Å². The molecule has 0 aromatic heterocycles. The summed E-state index contributed by atoms with van der Waals surface area (Å²) in [6.07, 6.45) is 0. The third kappa shape index (κ3) is 3.43. The summed E-state index contributed by atoms with van der Waals surface area (Å²) >= 11 is 5.84. The maximum atomic E-state index is 13.0. The van der Waals surface area contributed by atoms with E-state index < -0.39 is 11.6 Å². The van der Waals surface area contributed by atoms with Gasteiger partial charge in [-0.05, 0) is 35.9 Å². The molecule has 2 rings (SSSR count). The highest BCUT2D eigenvalue weighted by molar-refractivity contribution is 6.30. The van der Waals surface area contributed by atoms with E-state index in [0.29, 0.717) is 21.8 Å². The van der Waals surface area contributed by atoms with Crippen molar-refractivity contribution in [2.45, 2.75) is 6.54 Å². The summed E-state index contributed by atoms with van der Waals surface area (Å²) in [7, 11) is 0. The van der Waals surface area contributed by atoms with Crippen molar-refractivity contribution in [3.8, 4) is 6.07 Å². The summed E-state index contributed by atoms with van der Waals surface area (Å²) in [4.78, 5) is 0. The molecule has 0 saturated heterocycles. The zero-order chi connectivity index (χ0) is 13.8. The third-order valence-electron chi connectivity index (χ3n) is 2.51. The number of hydrogen-bond acceptors (Lipinski definition) is 2. The number of halogens is 3. The topological polar surface area (TPSA) is 35.8 Å². The van der Waals surface area contributed by atoms with Crippen molar-refractivity contribution >= 4 is 17.3 Å². The fraction of sp³-hybridized carbons (Fsp3) is 0.0714. The SMILES string of the molecule is N#Cc1ccc(Cl)cc1NCc1cc(F)cc(F)c1. The minimum Gasteiger partial charge on any atom is -0.380 e. The monoisotopic (exact) mass is 278 g/mol. The van der Waals surface area contributed by atoms with Gasteiger partial charge in [-0.3, -0.25) is 0 Å². The summed E-state index contributed by atoms with van der Waals surface area (Å²) in [5.74, 6) is -1.27. The molecule has 0 fully saturated rings. The van der Waals surface area contributed by atoms with Crippen LogP contribution in [0.25, 0.3) is 0 Å². The van der Waals surface area contributed by atoms with E-state index >= 15 is 0 Å². The zero-order valence-corrected chi connectivity index (χ0v) is 10.5. The fourth-order valence-corrected chi connectivity index (χ4v) is 1.84. The summed E-state index contributed by atoms with van der Waals surface area (Å²) < 4.78 is 26.0. The molecule has 0 saturated carbocycles. The Morgan fingerprint density at radius 2 is 1.79 bits per heavy atom. The quantitative estimate of drug-likeness (QED) is 0.917. The molecule has 5 heteroatoms. The molecule has 0 heterocycles. The smallest absolute Gasteiger partial charge is 0.126 e. The lowest BCUT2D eigenvalue weighted by atomic mass is 10.1. The van der Waals surface area contributed by atoms with Crippen molar-refractivity contribution in [2.75, 3.05) is 5.32 Å². The van der Waals surface area contributed by atoms with Gasteiger partial charge >= 0.3 is 0 Å². The van der Waals surface area contributed by atoms with Crippen molar-refractivity contribution in [1.29, 1.82) is 5.26 Å². The number of hydrogen-bond donors (Lipinski definition) is 1. The molecular weight excluding hydrogens is 270 g/mol. The molecule has 2 aromatic rings. The van der Waals surface area contributed by atoms with Crippen LogP contribution < -0.4 is 5.32 Å². The zero-order valence-electron chi connectivity index (χ0n) is 9.75. The van der Waals surface area contributed by atoms with Gasteiger partial charge in [0.25, 0.3) is 0 Å². The molecule has 0 bridgehead atoms. The van der Waals surface area contributed by atoms with Gasteiger partial charge in [0.05, 0.1) is 11.3 Å². The largest absolute Gasteiger partial charge is 0.380 e. The second kappa shape index (κ2) is 5.68. The maximum absolute atomic E-state index is 13.0. The Bertz CT molecular complexity index is 630. The first kappa shape index (κ1) is 13.3. The molecule has 0 atom stereocenters. The molecule has 96 valence electrons. The number of nitrogens with zero attached hydrogens (tertiary/aromatic N) is 1. The fourth-order valence-electron chi connectivity index (χ4n) is 1.67. The van der Waals surface area contributed by atoms with Crippen LogP contribution in [0.2, 0.25) is 5.02 Å². The molecule has 0 aliphatic carbocycles. The molecule has 1 N–H and O–H groups in total. The van der Waals surface area contributed by atoms with Crippen LogP contribution in [0, 0.1) is 23.0 Å². The van der Waals surface area contributed by atoms with Crippen molar-refractivity contribution in [3.63, 3.8) is 0 Å². The highest BCUT2D eigenvalue weighted by Gasteiger charge is 2.04. The van der Waals surface area contributed by atoms with Crippen LogP contribution >= 0.6 is 11.6 Å². The van der Waals surface area contributed by atoms with E-state index in [0.717, 1.165) is 6.07 Å². The second-order valence-corrected chi connectivity index (χ2v) is 4.37. The lowest BCUT2D eigenvalue weighted by Crippen LogP contribution is -2.02. The molecule has 0 unspecified atom stereocenters. The van der Waals surface area contributed by atoms with E-state index in [1.54, 1.807) is 18.2 Å². The molecule has 0 amide bonds. The molecule has 2 aromatic carbocycles. The number of anilines is 1. The lowest BCUT2D eigenvalue weighted by molar-refractivity contribution is 0.580. The normalized spacial score (nSPS) is 10.0. The molecule has 0 radical (unpaired) electrons. The highest BCUT2D eigenvalue weighted by Crippen LogP contribution is 2.21. The highest BCUT2D eigenvalue weighted by atomic mass is 35.5. The third-order valence-corrected chi connectivity index (χ3v) is 2.74. The Labute approximate surface area is 114 Å². The Morgan fingerprint density at radius 1 is 1.11 bits per heavy atom. The van der Waals surface area contributed by atoms with E-state index in [2.05, 4.69) is 5.32 Å². The van der Waals surface area contributed by atoms with Crippen LogP contribution in [0.5, 0.6) is 0 Å². The Kier molecular flexibility index (Phi) is 3.98. The molecular formula is C14H9ClF2N2. The number of benzene rings is 2. The molecule has 0 aliphatic heterocycles. The van der Waals surface area contributed by atoms with Gasteiger partial charge in [0.2, 0.25) is 0 Å². The Balaban J connectivity index is 2.19. The Morgan fingerprint density at radius 3 is 2.42 bits per heavy atom. The standard InChI is InChI=1S/C14H9ClF2N2/c15-11-2-1-10(7-18)14(5-11)19-8-9-3-12(16)6-13(17)4-9/h1-6,19H,8H2. The predicted octanol–water partition coefficient (Wildman–Crippen LogP) is 4.10. The van der Waals surface area contributed by atoms with E-state index in [9.17, 15) is 8.78 Å². The van der Waals surface area contributed by atoms with E-state index in [-0.39, 0.29) is 6.54 Å². The minimum absolute atomic E-state index is 0.198. The average Bonchev–Trinajstić information content (AvgIpc) is 2.35. The van der Waals surface area contributed by atoms with Gasteiger partial charge in [-0.15, -0.1) is 0 Å². The summed E-state index contributed by atoms with van der Waals surface area (Å²) in [6, 6.07) is 10.1. The van der Waals surface area contributed by atoms with Crippen LogP contribution in [-0.2, 0) is 6.54 Å². The molecule has 0 aliphatic rings. The molecule has 19 heavy (non-hydrogen) atoms. The van der Waals surface area contributed by atoms with Gasteiger partial charge in [-0.1, -0.05) is 11.6 Å². The van der Waals surface area contributed by atoms with E-state index in [1.807, 2.05) is 6.07 Å². The predicted molar refractivity (Wildman–Crippen MR) is 69.9 cm³/mol. The Hall–Kier alpha value is -2.12. The van der Waals surface area contributed by atoms with Crippen molar-refractivity contribution in [3.05, 3.63) is 64.2 Å². The first-order valence-corrected chi connectivity index (χ1v) is 5.85. The first-order chi connectivity index (χ1) is 9.08. The van der Waals surface area contributed by atoms with Crippen LogP contribution in [0.4, 0.5) is 14.5 Å². The van der Waals surface area contributed by atoms with Gasteiger partial charge in [-0.25, -0.2) is 8.78 Å². The number of nitrogens with one attached hydrogen (secondary N) is 1. The van der Waals surface area contributed by atoms with Gasteiger partial charge in [0.1, 0.15) is 17.7 Å². The molecule has 0 spiro atoms. The first-order valence-electron chi connectivity index (χ1n) is 5.47. The van der Waals surface area contributed by atoms with Crippen LogP contribution in [0.3, 0.4) is 0 Å². The number of rotatable bonds is 3. The van der Waals surface area contributed by atoms with Crippen LogP contribution in [0.15, 0.2) is 36.4 Å². The maximum Gasteiger partial charge on any atom is 0.126 e. The van der Waals surface area contributed by atoms with Crippen molar-refractivity contribution in [1.82, 2.24) is 0 Å².